The van der Waals surface area contributed by atoms with Crippen LogP contribution in [-0.4, -0.2) is 20.0 Å². The van der Waals surface area contributed by atoms with Crippen molar-refractivity contribution >= 4 is 5.78 Å². The van der Waals surface area contributed by atoms with E-state index in [1.807, 2.05) is 12.1 Å². The van der Waals surface area contributed by atoms with Crippen LogP contribution >= 0.6 is 0 Å². The Hall–Kier alpha value is -2.29. The van der Waals surface area contributed by atoms with Crippen LogP contribution in [0.3, 0.4) is 0 Å². The average molecular weight is 284 g/mol. The number of hydrogen-bond acceptors (Lipinski definition) is 3. The van der Waals surface area contributed by atoms with Gasteiger partial charge in [-0.25, -0.2) is 0 Å². The standard InChI is InChI=1S/C18H20O3/c1-13-5-4-6-14(11-13)7-9-17(19)16-12-15(20-2)8-10-18(16)21-3/h4-6,8,10-12H,7,9H2,1-3H3. The van der Waals surface area contributed by atoms with E-state index >= 15 is 0 Å². The van der Waals surface area contributed by atoms with Crippen molar-refractivity contribution in [2.75, 3.05) is 14.2 Å². The first-order valence-corrected chi connectivity index (χ1v) is 6.95. The van der Waals surface area contributed by atoms with Crippen molar-refractivity contribution in [2.24, 2.45) is 0 Å². The van der Waals surface area contributed by atoms with Crippen molar-refractivity contribution in [3.05, 3.63) is 59.2 Å². The van der Waals surface area contributed by atoms with Gasteiger partial charge >= 0.3 is 0 Å². The maximum atomic E-state index is 12.4. The second-order valence-electron chi connectivity index (χ2n) is 4.98. The van der Waals surface area contributed by atoms with Crippen LogP contribution in [0.25, 0.3) is 0 Å². The Balaban J connectivity index is 2.12. The van der Waals surface area contributed by atoms with E-state index in [2.05, 4.69) is 19.1 Å². The van der Waals surface area contributed by atoms with Crippen LogP contribution in [-0.2, 0) is 6.42 Å². The molecule has 3 nitrogen and oxygen atoms in total. The summed E-state index contributed by atoms with van der Waals surface area (Å²) < 4.78 is 10.4. The van der Waals surface area contributed by atoms with Crippen LogP contribution in [0.15, 0.2) is 42.5 Å². The summed E-state index contributed by atoms with van der Waals surface area (Å²) in [5, 5.41) is 0. The molecule has 2 aromatic rings. The third-order valence-corrected chi connectivity index (χ3v) is 3.43. The summed E-state index contributed by atoms with van der Waals surface area (Å²) in [7, 11) is 3.15. The highest BCUT2D eigenvalue weighted by Crippen LogP contribution is 2.25. The van der Waals surface area contributed by atoms with Crippen LogP contribution < -0.4 is 9.47 Å². The fraction of sp³-hybridized carbons (Fsp3) is 0.278. The summed E-state index contributed by atoms with van der Waals surface area (Å²) in [6, 6.07) is 13.5. The average Bonchev–Trinajstić information content (AvgIpc) is 2.52. The minimum absolute atomic E-state index is 0.0623. The van der Waals surface area contributed by atoms with Gasteiger partial charge in [-0.05, 0) is 37.1 Å². The highest BCUT2D eigenvalue weighted by molar-refractivity contribution is 5.99. The lowest BCUT2D eigenvalue weighted by Crippen LogP contribution is -2.04. The zero-order valence-electron chi connectivity index (χ0n) is 12.7. The molecule has 0 aliphatic rings. The minimum atomic E-state index is 0.0623. The lowest BCUT2D eigenvalue weighted by Gasteiger charge is -2.10. The topological polar surface area (TPSA) is 35.5 Å². The Kier molecular flexibility index (Phi) is 4.99. The summed E-state index contributed by atoms with van der Waals surface area (Å²) >= 11 is 0. The van der Waals surface area contributed by atoms with Crippen LogP contribution in [0.5, 0.6) is 11.5 Å². The number of benzene rings is 2. The summed E-state index contributed by atoms with van der Waals surface area (Å²) in [6.07, 6.45) is 1.17. The van der Waals surface area contributed by atoms with Gasteiger partial charge in [-0.3, -0.25) is 4.79 Å². The molecule has 3 heteroatoms. The maximum absolute atomic E-state index is 12.4. The summed E-state index contributed by atoms with van der Waals surface area (Å²) in [5.41, 5.74) is 2.95. The second kappa shape index (κ2) is 6.93. The third kappa shape index (κ3) is 3.85. The summed E-state index contributed by atoms with van der Waals surface area (Å²) in [6.45, 7) is 2.05. The van der Waals surface area contributed by atoms with Gasteiger partial charge < -0.3 is 9.47 Å². The highest BCUT2D eigenvalue weighted by atomic mass is 16.5. The quantitative estimate of drug-likeness (QED) is 0.756. The van der Waals surface area contributed by atoms with Gasteiger partial charge in [0.25, 0.3) is 0 Å². The molecule has 0 N–H and O–H groups in total. The number of methoxy groups -OCH3 is 2. The Morgan fingerprint density at radius 3 is 2.52 bits per heavy atom. The van der Waals surface area contributed by atoms with Gasteiger partial charge in [0.05, 0.1) is 19.8 Å². The predicted molar refractivity (Wildman–Crippen MR) is 83.4 cm³/mol. The van der Waals surface area contributed by atoms with E-state index in [4.69, 9.17) is 9.47 Å². The van der Waals surface area contributed by atoms with Crippen molar-refractivity contribution in [3.63, 3.8) is 0 Å². The largest absolute Gasteiger partial charge is 0.497 e. The number of carbonyl (C=O) groups excluding carboxylic acids is 1. The van der Waals surface area contributed by atoms with Crippen LogP contribution in [0, 0.1) is 6.92 Å². The molecule has 2 aromatic carbocycles. The first-order chi connectivity index (χ1) is 10.1. The van der Waals surface area contributed by atoms with E-state index < -0.39 is 0 Å². The van der Waals surface area contributed by atoms with Crippen molar-refractivity contribution < 1.29 is 14.3 Å². The zero-order valence-corrected chi connectivity index (χ0v) is 12.7. The number of ketones is 1. The molecule has 2 rings (SSSR count). The maximum Gasteiger partial charge on any atom is 0.167 e. The van der Waals surface area contributed by atoms with Gasteiger partial charge in [0, 0.05) is 6.42 Å². The number of rotatable bonds is 6. The second-order valence-corrected chi connectivity index (χ2v) is 4.98. The molecule has 0 spiro atoms. The van der Waals surface area contributed by atoms with Crippen molar-refractivity contribution in [3.8, 4) is 11.5 Å². The van der Waals surface area contributed by atoms with Gasteiger partial charge in [-0.2, -0.15) is 0 Å². The molecular weight excluding hydrogens is 264 g/mol. The Morgan fingerprint density at radius 2 is 1.86 bits per heavy atom. The Morgan fingerprint density at radius 1 is 1.05 bits per heavy atom. The monoisotopic (exact) mass is 284 g/mol. The first kappa shape index (κ1) is 15.1. The first-order valence-electron chi connectivity index (χ1n) is 6.95. The molecule has 0 bridgehead atoms. The predicted octanol–water partition coefficient (Wildman–Crippen LogP) is 3.83. The molecule has 110 valence electrons. The lowest BCUT2D eigenvalue weighted by molar-refractivity contribution is 0.0979. The zero-order chi connectivity index (χ0) is 15.2. The summed E-state index contributed by atoms with van der Waals surface area (Å²) in [5.74, 6) is 1.31. The van der Waals surface area contributed by atoms with E-state index in [0.717, 1.165) is 6.42 Å². The number of ether oxygens (including phenoxy) is 2. The molecule has 0 aliphatic carbocycles. The molecule has 0 heterocycles. The molecule has 21 heavy (non-hydrogen) atoms. The molecule has 0 unspecified atom stereocenters. The summed E-state index contributed by atoms with van der Waals surface area (Å²) in [4.78, 5) is 12.4. The van der Waals surface area contributed by atoms with Gasteiger partial charge in [-0.1, -0.05) is 29.8 Å². The molecule has 0 radical (unpaired) electrons. The molecular formula is C18H20O3. The smallest absolute Gasteiger partial charge is 0.167 e. The van der Waals surface area contributed by atoms with Crippen molar-refractivity contribution in [1.82, 2.24) is 0 Å². The molecule has 0 aromatic heterocycles. The van der Waals surface area contributed by atoms with Gasteiger partial charge in [0.1, 0.15) is 11.5 Å². The van der Waals surface area contributed by atoms with Gasteiger partial charge in [0.15, 0.2) is 5.78 Å². The van der Waals surface area contributed by atoms with E-state index in [0.29, 0.717) is 23.5 Å². The van der Waals surface area contributed by atoms with Crippen molar-refractivity contribution in [2.45, 2.75) is 19.8 Å². The minimum Gasteiger partial charge on any atom is -0.497 e. The van der Waals surface area contributed by atoms with E-state index in [-0.39, 0.29) is 5.78 Å². The molecule has 0 fully saturated rings. The fourth-order valence-electron chi connectivity index (χ4n) is 2.29. The van der Waals surface area contributed by atoms with E-state index in [9.17, 15) is 4.79 Å². The number of carbonyl (C=O) groups is 1. The lowest BCUT2D eigenvalue weighted by atomic mass is 10.0. The molecule has 0 saturated heterocycles. The van der Waals surface area contributed by atoms with Gasteiger partial charge in [-0.15, -0.1) is 0 Å². The fourth-order valence-corrected chi connectivity index (χ4v) is 2.29. The SMILES string of the molecule is COc1ccc(OC)c(C(=O)CCc2cccc(C)c2)c1. The van der Waals surface area contributed by atoms with Gasteiger partial charge in [0.2, 0.25) is 0 Å². The molecule has 0 amide bonds. The number of aryl methyl sites for hydroxylation is 2. The third-order valence-electron chi connectivity index (χ3n) is 3.43. The molecule has 0 saturated carbocycles. The van der Waals surface area contributed by atoms with E-state index in [1.54, 1.807) is 32.4 Å². The highest BCUT2D eigenvalue weighted by Gasteiger charge is 2.13. The Labute approximate surface area is 125 Å². The van der Waals surface area contributed by atoms with E-state index in [1.165, 1.54) is 11.1 Å². The van der Waals surface area contributed by atoms with Crippen molar-refractivity contribution in [1.29, 1.82) is 0 Å². The Bertz CT molecular complexity index is 632. The molecule has 0 atom stereocenters. The van der Waals surface area contributed by atoms with Crippen LogP contribution in [0.2, 0.25) is 0 Å². The van der Waals surface area contributed by atoms with Crippen LogP contribution in [0.1, 0.15) is 27.9 Å². The van der Waals surface area contributed by atoms with Crippen LogP contribution in [0.4, 0.5) is 0 Å². The number of hydrogen-bond donors (Lipinski definition) is 0. The normalized spacial score (nSPS) is 10.2. The molecule has 0 aliphatic heterocycles. The number of Topliss-reactive ketones (excluding diaryl/α,β-unsaturated/α-hetero) is 1.